The number of nitrogens with zero attached hydrogens (tertiary/aromatic N) is 1. The first kappa shape index (κ1) is 15.7. The molecule has 5 heteroatoms. The van der Waals surface area contributed by atoms with Gasteiger partial charge in [0, 0.05) is 16.6 Å². The Morgan fingerprint density at radius 1 is 1.38 bits per heavy atom. The molecule has 0 spiro atoms. The molecule has 1 aromatic carbocycles. The Labute approximate surface area is 129 Å². The molecule has 0 aliphatic carbocycles. The highest BCUT2D eigenvalue weighted by atomic mass is 32.1. The number of nitrogens with two attached hydrogens (primary N) is 1. The van der Waals surface area contributed by atoms with Gasteiger partial charge in [-0.2, -0.15) is 0 Å². The van der Waals surface area contributed by atoms with Crippen LogP contribution in [0.3, 0.4) is 0 Å². The molecule has 0 aliphatic heterocycles. The van der Waals surface area contributed by atoms with E-state index < -0.39 is 5.54 Å². The predicted octanol–water partition coefficient (Wildman–Crippen LogP) is 3.57. The predicted molar refractivity (Wildman–Crippen MR) is 88.4 cm³/mol. The Hall–Kier alpha value is -1.72. The molecule has 112 valence electrons. The second-order valence-electron chi connectivity index (χ2n) is 5.45. The molecule has 1 heterocycles. The summed E-state index contributed by atoms with van der Waals surface area (Å²) in [7, 11) is 0. The molecule has 3 N–H and O–H groups in total. The third-order valence-electron chi connectivity index (χ3n) is 3.35. The monoisotopic (exact) mass is 303 g/mol. The molecule has 0 fully saturated rings. The summed E-state index contributed by atoms with van der Waals surface area (Å²) in [6.45, 7) is 5.76. The van der Waals surface area contributed by atoms with Gasteiger partial charge < -0.3 is 11.1 Å². The van der Waals surface area contributed by atoms with Crippen LogP contribution >= 0.6 is 11.3 Å². The van der Waals surface area contributed by atoms with E-state index in [0.717, 1.165) is 28.4 Å². The zero-order valence-corrected chi connectivity index (χ0v) is 13.5. The number of carbonyl (C=O) groups excluding carboxylic acids is 1. The molecule has 1 amide bonds. The van der Waals surface area contributed by atoms with E-state index in [1.807, 2.05) is 43.5 Å². The van der Waals surface area contributed by atoms with Crippen LogP contribution in [0.25, 0.3) is 11.3 Å². The number of carbonyl (C=O) groups is 1. The Balaban J connectivity index is 2.08. The van der Waals surface area contributed by atoms with Crippen LogP contribution in [-0.4, -0.2) is 16.4 Å². The Kier molecular flexibility index (Phi) is 4.75. The lowest BCUT2D eigenvalue weighted by Crippen LogP contribution is -2.48. The third-order valence-corrected chi connectivity index (χ3v) is 4.12. The van der Waals surface area contributed by atoms with Gasteiger partial charge >= 0.3 is 0 Å². The van der Waals surface area contributed by atoms with Gasteiger partial charge in [0.15, 0.2) is 0 Å². The number of aromatic nitrogens is 1. The lowest BCUT2D eigenvalue weighted by molar-refractivity contribution is -0.120. The molecule has 4 nitrogen and oxygen atoms in total. The van der Waals surface area contributed by atoms with E-state index in [4.69, 9.17) is 5.73 Å². The number of rotatable bonds is 5. The van der Waals surface area contributed by atoms with Crippen LogP contribution in [0, 0.1) is 6.92 Å². The van der Waals surface area contributed by atoms with Gasteiger partial charge in [0.05, 0.1) is 16.2 Å². The van der Waals surface area contributed by atoms with Gasteiger partial charge in [-0.3, -0.25) is 4.79 Å². The van der Waals surface area contributed by atoms with Crippen molar-refractivity contribution < 1.29 is 4.79 Å². The van der Waals surface area contributed by atoms with Gasteiger partial charge in [0.1, 0.15) is 0 Å². The van der Waals surface area contributed by atoms with Crippen molar-refractivity contribution in [3.8, 4) is 11.3 Å². The van der Waals surface area contributed by atoms with E-state index in [0.29, 0.717) is 6.42 Å². The van der Waals surface area contributed by atoms with Crippen molar-refractivity contribution in [2.45, 2.75) is 39.2 Å². The van der Waals surface area contributed by atoms with Crippen molar-refractivity contribution in [3.05, 3.63) is 34.7 Å². The Bertz CT molecular complexity index is 617. The minimum Gasteiger partial charge on any atom is -0.325 e. The van der Waals surface area contributed by atoms with Crippen molar-refractivity contribution in [3.63, 3.8) is 0 Å². The van der Waals surface area contributed by atoms with E-state index >= 15 is 0 Å². The smallest absolute Gasteiger partial charge is 0.244 e. The largest absolute Gasteiger partial charge is 0.325 e. The van der Waals surface area contributed by atoms with Crippen molar-refractivity contribution in [1.82, 2.24) is 4.98 Å². The van der Waals surface area contributed by atoms with E-state index in [-0.39, 0.29) is 5.91 Å². The fourth-order valence-electron chi connectivity index (χ4n) is 2.13. The maximum atomic E-state index is 12.1. The summed E-state index contributed by atoms with van der Waals surface area (Å²) in [5.74, 6) is -0.151. The van der Waals surface area contributed by atoms with Gasteiger partial charge in [-0.1, -0.05) is 25.5 Å². The van der Waals surface area contributed by atoms with Gasteiger partial charge in [-0.25, -0.2) is 4.98 Å². The zero-order valence-electron chi connectivity index (χ0n) is 12.6. The van der Waals surface area contributed by atoms with Crippen LogP contribution in [0.15, 0.2) is 29.6 Å². The molecule has 2 rings (SSSR count). The zero-order chi connectivity index (χ0) is 15.5. The molecule has 1 unspecified atom stereocenters. The number of aryl methyl sites for hydroxylation is 1. The minimum absolute atomic E-state index is 0.151. The fraction of sp³-hybridized carbons (Fsp3) is 0.375. The van der Waals surface area contributed by atoms with Crippen molar-refractivity contribution in [2.75, 3.05) is 5.32 Å². The summed E-state index contributed by atoms with van der Waals surface area (Å²) in [6.07, 6.45) is 1.54. The second-order valence-corrected chi connectivity index (χ2v) is 6.51. The molecule has 0 radical (unpaired) electrons. The third kappa shape index (κ3) is 3.89. The first-order chi connectivity index (χ1) is 9.92. The quantitative estimate of drug-likeness (QED) is 0.887. The summed E-state index contributed by atoms with van der Waals surface area (Å²) in [5.41, 5.74) is 7.95. The molecule has 0 saturated carbocycles. The summed E-state index contributed by atoms with van der Waals surface area (Å²) < 4.78 is 0. The highest BCUT2D eigenvalue weighted by Gasteiger charge is 2.27. The first-order valence-corrected chi connectivity index (χ1v) is 7.93. The van der Waals surface area contributed by atoms with E-state index in [9.17, 15) is 4.79 Å². The summed E-state index contributed by atoms with van der Waals surface area (Å²) in [4.78, 5) is 16.6. The van der Waals surface area contributed by atoms with Crippen molar-refractivity contribution in [2.24, 2.45) is 5.73 Å². The molecular weight excluding hydrogens is 282 g/mol. The molecule has 0 saturated heterocycles. The van der Waals surface area contributed by atoms with Crippen LogP contribution in [0.1, 0.15) is 31.7 Å². The molecule has 21 heavy (non-hydrogen) atoms. The SMILES string of the molecule is CCCC(C)(N)C(=O)Nc1ccc(-c2csc(C)n2)cc1. The summed E-state index contributed by atoms with van der Waals surface area (Å²) >= 11 is 1.63. The number of anilines is 1. The molecular formula is C16H21N3OS. The first-order valence-electron chi connectivity index (χ1n) is 7.05. The van der Waals surface area contributed by atoms with Crippen molar-refractivity contribution in [1.29, 1.82) is 0 Å². The fourth-order valence-corrected chi connectivity index (χ4v) is 2.75. The van der Waals surface area contributed by atoms with Crippen LogP contribution in [-0.2, 0) is 4.79 Å². The van der Waals surface area contributed by atoms with E-state index in [1.165, 1.54) is 0 Å². The maximum Gasteiger partial charge on any atom is 0.244 e. The normalized spacial score (nSPS) is 13.7. The van der Waals surface area contributed by atoms with Gasteiger partial charge in [-0.15, -0.1) is 11.3 Å². The number of amides is 1. The second kappa shape index (κ2) is 6.37. The Morgan fingerprint density at radius 2 is 2.05 bits per heavy atom. The number of hydrogen-bond acceptors (Lipinski definition) is 4. The molecule has 0 aliphatic rings. The average Bonchev–Trinajstić information content (AvgIpc) is 2.86. The molecule has 2 aromatic rings. The van der Waals surface area contributed by atoms with Gasteiger partial charge in [0.25, 0.3) is 0 Å². The minimum atomic E-state index is -0.834. The van der Waals surface area contributed by atoms with E-state index in [1.54, 1.807) is 18.3 Å². The average molecular weight is 303 g/mol. The van der Waals surface area contributed by atoms with E-state index in [2.05, 4.69) is 10.3 Å². The standard InChI is InChI=1S/C16H21N3OS/c1-4-9-16(3,17)15(20)19-13-7-5-12(6-8-13)14-10-21-11(2)18-14/h5-8,10H,4,9,17H2,1-3H3,(H,19,20). The van der Waals surface area contributed by atoms with Crippen LogP contribution in [0.5, 0.6) is 0 Å². The van der Waals surface area contributed by atoms with Gasteiger partial charge in [-0.05, 0) is 32.4 Å². The Morgan fingerprint density at radius 3 is 2.57 bits per heavy atom. The van der Waals surface area contributed by atoms with Crippen LogP contribution in [0.4, 0.5) is 5.69 Å². The van der Waals surface area contributed by atoms with Crippen LogP contribution in [0.2, 0.25) is 0 Å². The maximum absolute atomic E-state index is 12.1. The topological polar surface area (TPSA) is 68.0 Å². The lowest BCUT2D eigenvalue weighted by Gasteiger charge is -2.22. The summed E-state index contributed by atoms with van der Waals surface area (Å²) in [5, 5.41) is 5.94. The highest BCUT2D eigenvalue weighted by Crippen LogP contribution is 2.23. The number of nitrogens with one attached hydrogen (secondary N) is 1. The van der Waals surface area contributed by atoms with Crippen molar-refractivity contribution >= 4 is 22.9 Å². The molecule has 0 bridgehead atoms. The van der Waals surface area contributed by atoms with Gasteiger partial charge in [0.2, 0.25) is 5.91 Å². The molecule has 1 atom stereocenters. The number of benzene rings is 1. The number of hydrogen-bond donors (Lipinski definition) is 2. The number of thiazole rings is 1. The highest BCUT2D eigenvalue weighted by molar-refractivity contribution is 7.09. The molecule has 1 aromatic heterocycles. The van der Waals surface area contributed by atoms with Crippen LogP contribution < -0.4 is 11.1 Å². The lowest BCUT2D eigenvalue weighted by atomic mass is 9.96. The summed E-state index contributed by atoms with van der Waals surface area (Å²) in [6, 6.07) is 7.67.